The molecule has 1 N–H and O–H groups in total. The molecular formula is C13H24OSi. The van der Waals surface area contributed by atoms with Crippen LogP contribution < -0.4 is 0 Å². The third-order valence-electron chi connectivity index (χ3n) is 3.07. The lowest BCUT2D eigenvalue weighted by Crippen LogP contribution is -2.18. The van der Waals surface area contributed by atoms with Gasteiger partial charge in [0.15, 0.2) is 0 Å². The van der Waals surface area contributed by atoms with Gasteiger partial charge in [-0.05, 0) is 12.8 Å². The van der Waals surface area contributed by atoms with E-state index in [0.29, 0.717) is 6.61 Å². The van der Waals surface area contributed by atoms with Gasteiger partial charge in [0.25, 0.3) is 0 Å². The van der Waals surface area contributed by atoms with Crippen molar-refractivity contribution in [3.8, 4) is 0 Å². The molecule has 0 aromatic carbocycles. The molecule has 1 saturated carbocycles. The van der Waals surface area contributed by atoms with Crippen LogP contribution in [0, 0.1) is 5.41 Å². The summed E-state index contributed by atoms with van der Waals surface area (Å²) >= 11 is 0. The maximum absolute atomic E-state index is 9.41. The molecule has 1 rings (SSSR count). The summed E-state index contributed by atoms with van der Waals surface area (Å²) in [7, 11) is -1.06. The van der Waals surface area contributed by atoms with Gasteiger partial charge in [0.2, 0.25) is 0 Å². The van der Waals surface area contributed by atoms with E-state index in [1.165, 1.54) is 12.8 Å². The number of hydrogen-bond acceptors (Lipinski definition) is 1. The zero-order valence-electron chi connectivity index (χ0n) is 10.3. The smallest absolute Gasteiger partial charge is 0.0686 e. The van der Waals surface area contributed by atoms with Crippen LogP contribution >= 0.6 is 0 Å². The van der Waals surface area contributed by atoms with Gasteiger partial charge in [-0.2, -0.15) is 0 Å². The molecular weight excluding hydrogens is 200 g/mol. The Morgan fingerprint density at radius 3 is 2.20 bits per heavy atom. The SMILES string of the molecule is C[Si](C)(C)/C=C/C=C/C1(CO)CCCC1. The minimum atomic E-state index is -1.06. The van der Waals surface area contributed by atoms with Crippen LogP contribution in [0.15, 0.2) is 23.9 Å². The third kappa shape index (κ3) is 4.35. The van der Waals surface area contributed by atoms with Crippen molar-refractivity contribution in [1.82, 2.24) is 0 Å². The Labute approximate surface area is 94.9 Å². The minimum absolute atomic E-state index is 0.101. The third-order valence-corrected chi connectivity index (χ3v) is 4.26. The maximum Gasteiger partial charge on any atom is 0.0686 e. The van der Waals surface area contributed by atoms with Crippen molar-refractivity contribution < 1.29 is 5.11 Å². The average Bonchev–Trinajstić information content (AvgIpc) is 2.60. The summed E-state index contributed by atoms with van der Waals surface area (Å²) in [5.74, 6) is 0. The van der Waals surface area contributed by atoms with Crippen LogP contribution in [-0.2, 0) is 0 Å². The molecule has 0 radical (unpaired) electrons. The first-order valence-electron chi connectivity index (χ1n) is 5.95. The fraction of sp³-hybridized carbons (Fsp3) is 0.692. The van der Waals surface area contributed by atoms with Crippen molar-refractivity contribution in [3.63, 3.8) is 0 Å². The van der Waals surface area contributed by atoms with Gasteiger partial charge >= 0.3 is 0 Å². The Balaban J connectivity index is 2.52. The molecule has 15 heavy (non-hydrogen) atoms. The van der Waals surface area contributed by atoms with Crippen molar-refractivity contribution in [2.24, 2.45) is 5.41 Å². The zero-order chi connectivity index (χ0) is 11.4. The number of allylic oxidation sites excluding steroid dienone is 2. The Kier molecular flexibility index (Phi) is 4.35. The average molecular weight is 224 g/mol. The van der Waals surface area contributed by atoms with Crippen LogP contribution in [0.5, 0.6) is 0 Å². The maximum atomic E-state index is 9.41. The van der Waals surface area contributed by atoms with Crippen molar-refractivity contribution in [2.45, 2.75) is 45.3 Å². The summed E-state index contributed by atoms with van der Waals surface area (Å²) in [5, 5.41) is 9.41. The lowest BCUT2D eigenvalue weighted by molar-refractivity contribution is 0.174. The second kappa shape index (κ2) is 5.13. The van der Waals surface area contributed by atoms with E-state index in [1.807, 2.05) is 0 Å². The fourth-order valence-electron chi connectivity index (χ4n) is 2.06. The van der Waals surface area contributed by atoms with E-state index in [0.717, 1.165) is 12.8 Å². The van der Waals surface area contributed by atoms with Crippen LogP contribution in [0.1, 0.15) is 25.7 Å². The molecule has 1 fully saturated rings. The van der Waals surface area contributed by atoms with E-state index in [4.69, 9.17) is 0 Å². The zero-order valence-corrected chi connectivity index (χ0v) is 11.3. The molecule has 0 spiro atoms. The number of aliphatic hydroxyl groups is 1. The van der Waals surface area contributed by atoms with E-state index >= 15 is 0 Å². The normalized spacial score (nSPS) is 21.9. The molecule has 0 heterocycles. The largest absolute Gasteiger partial charge is 0.395 e. The Hall–Kier alpha value is -0.343. The number of aliphatic hydroxyl groups excluding tert-OH is 1. The van der Waals surface area contributed by atoms with Crippen LogP contribution in [0.4, 0.5) is 0 Å². The number of hydrogen-bond donors (Lipinski definition) is 1. The van der Waals surface area contributed by atoms with Crippen molar-refractivity contribution in [1.29, 1.82) is 0 Å². The highest BCUT2D eigenvalue weighted by Gasteiger charge is 2.29. The van der Waals surface area contributed by atoms with Crippen LogP contribution in [0.25, 0.3) is 0 Å². The first-order valence-corrected chi connectivity index (χ1v) is 9.53. The first-order chi connectivity index (χ1) is 6.97. The quantitative estimate of drug-likeness (QED) is 0.572. The van der Waals surface area contributed by atoms with Gasteiger partial charge in [-0.15, -0.1) is 0 Å². The highest BCUT2D eigenvalue weighted by molar-refractivity contribution is 6.80. The van der Waals surface area contributed by atoms with E-state index in [-0.39, 0.29) is 5.41 Å². The van der Waals surface area contributed by atoms with Gasteiger partial charge in [0, 0.05) is 5.41 Å². The van der Waals surface area contributed by atoms with Crippen molar-refractivity contribution in [2.75, 3.05) is 6.61 Å². The fourth-order valence-corrected chi connectivity index (χ4v) is 2.75. The summed E-state index contributed by atoms with van der Waals surface area (Å²) < 4.78 is 0. The molecule has 0 aromatic rings. The van der Waals surface area contributed by atoms with Gasteiger partial charge in [-0.25, -0.2) is 0 Å². The highest BCUT2D eigenvalue weighted by atomic mass is 28.3. The Morgan fingerprint density at radius 2 is 1.73 bits per heavy atom. The van der Waals surface area contributed by atoms with Gasteiger partial charge < -0.3 is 5.11 Å². The predicted octanol–water partition coefficient (Wildman–Crippen LogP) is 3.53. The molecule has 0 saturated heterocycles. The van der Waals surface area contributed by atoms with E-state index in [1.54, 1.807) is 0 Å². The minimum Gasteiger partial charge on any atom is -0.395 e. The second-order valence-corrected chi connectivity index (χ2v) is 10.9. The lowest BCUT2D eigenvalue weighted by Gasteiger charge is -2.21. The van der Waals surface area contributed by atoms with Crippen LogP contribution in [-0.4, -0.2) is 19.8 Å². The molecule has 0 atom stereocenters. The number of rotatable bonds is 4. The van der Waals surface area contributed by atoms with Crippen LogP contribution in [0.3, 0.4) is 0 Å². The standard InChI is InChI=1S/C13H24OSi/c1-15(2,3)11-7-6-10-13(12-14)8-4-5-9-13/h6-7,10-11,14H,4-5,8-9,12H2,1-3H3/b10-6+,11-7+. The molecule has 0 aliphatic heterocycles. The predicted molar refractivity (Wildman–Crippen MR) is 69.6 cm³/mol. The molecule has 0 aromatic heterocycles. The lowest BCUT2D eigenvalue weighted by atomic mass is 9.87. The molecule has 1 aliphatic rings. The molecule has 0 amide bonds. The van der Waals surface area contributed by atoms with Crippen molar-refractivity contribution in [3.05, 3.63) is 23.9 Å². The van der Waals surface area contributed by atoms with Gasteiger partial charge in [0.05, 0.1) is 14.7 Å². The molecule has 2 heteroatoms. The molecule has 0 bridgehead atoms. The topological polar surface area (TPSA) is 20.2 Å². The summed E-state index contributed by atoms with van der Waals surface area (Å²) in [4.78, 5) is 0. The summed E-state index contributed by atoms with van der Waals surface area (Å²) in [5.41, 5.74) is 2.44. The van der Waals surface area contributed by atoms with Crippen LogP contribution in [0.2, 0.25) is 19.6 Å². The van der Waals surface area contributed by atoms with Crippen molar-refractivity contribution >= 4 is 8.07 Å². The van der Waals surface area contributed by atoms with E-state index in [9.17, 15) is 5.11 Å². The molecule has 1 aliphatic carbocycles. The second-order valence-electron chi connectivity index (χ2n) is 5.81. The Morgan fingerprint density at radius 1 is 1.13 bits per heavy atom. The molecule has 1 nitrogen and oxygen atoms in total. The monoisotopic (exact) mass is 224 g/mol. The van der Waals surface area contributed by atoms with E-state index in [2.05, 4.69) is 43.6 Å². The summed E-state index contributed by atoms with van der Waals surface area (Å²) in [6, 6.07) is 0. The molecule has 86 valence electrons. The van der Waals surface area contributed by atoms with Gasteiger partial charge in [-0.3, -0.25) is 0 Å². The Bertz CT molecular complexity index is 242. The van der Waals surface area contributed by atoms with E-state index < -0.39 is 8.07 Å². The summed E-state index contributed by atoms with van der Waals surface area (Å²) in [6.07, 6.45) is 11.4. The summed E-state index contributed by atoms with van der Waals surface area (Å²) in [6.45, 7) is 7.29. The van der Waals surface area contributed by atoms with Gasteiger partial charge in [-0.1, -0.05) is 56.4 Å². The first kappa shape index (κ1) is 12.7. The highest BCUT2D eigenvalue weighted by Crippen LogP contribution is 2.38. The van der Waals surface area contributed by atoms with Gasteiger partial charge in [0.1, 0.15) is 0 Å². The molecule has 0 unspecified atom stereocenters.